The number of rotatable bonds is 6. The van der Waals surface area contributed by atoms with Gasteiger partial charge in [-0.1, -0.05) is 31.2 Å². The monoisotopic (exact) mass is 372 g/mol. The van der Waals surface area contributed by atoms with Gasteiger partial charge in [-0.05, 0) is 29.5 Å². The molecule has 0 spiro atoms. The molecule has 3 rings (SSSR count). The van der Waals surface area contributed by atoms with Crippen molar-refractivity contribution < 1.29 is 14.3 Å². The molecule has 1 fully saturated rings. The van der Waals surface area contributed by atoms with Gasteiger partial charge in [0.2, 0.25) is 5.91 Å². The van der Waals surface area contributed by atoms with Crippen molar-refractivity contribution in [2.24, 2.45) is 5.92 Å². The first-order chi connectivity index (χ1) is 12.7. The molecule has 2 amide bonds. The second kappa shape index (κ2) is 8.36. The van der Waals surface area contributed by atoms with E-state index in [1.807, 2.05) is 48.7 Å². The van der Waals surface area contributed by atoms with Gasteiger partial charge in [0.05, 0.1) is 17.9 Å². The van der Waals surface area contributed by atoms with Crippen molar-refractivity contribution in [3.05, 3.63) is 52.2 Å². The zero-order chi connectivity index (χ0) is 18.5. The first-order valence-corrected chi connectivity index (χ1v) is 9.77. The van der Waals surface area contributed by atoms with Gasteiger partial charge in [0, 0.05) is 25.6 Å². The Labute approximate surface area is 158 Å². The number of methoxy groups -OCH3 is 1. The first kappa shape index (κ1) is 18.5. The SMILES string of the molecule is CCCNC(=O)C1CN(C(=O)c2cccs2)CC1c1ccccc1OC. The molecule has 0 bridgehead atoms. The number of nitrogens with zero attached hydrogens (tertiary/aromatic N) is 1. The molecule has 5 nitrogen and oxygen atoms in total. The van der Waals surface area contributed by atoms with Crippen molar-refractivity contribution in [3.8, 4) is 5.75 Å². The minimum absolute atomic E-state index is 0.00392. The molecule has 138 valence electrons. The molecule has 1 saturated heterocycles. The number of amides is 2. The number of ether oxygens (including phenoxy) is 1. The van der Waals surface area contributed by atoms with Crippen LogP contribution in [0.15, 0.2) is 41.8 Å². The first-order valence-electron chi connectivity index (χ1n) is 8.89. The molecule has 0 aliphatic carbocycles. The summed E-state index contributed by atoms with van der Waals surface area (Å²) in [5.41, 5.74) is 0.980. The summed E-state index contributed by atoms with van der Waals surface area (Å²) in [4.78, 5) is 28.0. The lowest BCUT2D eigenvalue weighted by molar-refractivity contribution is -0.124. The van der Waals surface area contributed by atoms with Crippen LogP contribution in [0.3, 0.4) is 0 Å². The zero-order valence-electron chi connectivity index (χ0n) is 15.1. The van der Waals surface area contributed by atoms with E-state index in [-0.39, 0.29) is 23.7 Å². The summed E-state index contributed by atoms with van der Waals surface area (Å²) in [6.45, 7) is 3.61. The quantitative estimate of drug-likeness (QED) is 0.847. The second-order valence-electron chi connectivity index (χ2n) is 6.43. The number of hydrogen-bond donors (Lipinski definition) is 1. The minimum atomic E-state index is -0.276. The topological polar surface area (TPSA) is 58.6 Å². The van der Waals surface area contributed by atoms with Gasteiger partial charge in [0.15, 0.2) is 0 Å². The van der Waals surface area contributed by atoms with Crippen LogP contribution < -0.4 is 10.1 Å². The van der Waals surface area contributed by atoms with Crippen LogP contribution in [0.5, 0.6) is 5.75 Å². The number of carbonyl (C=O) groups excluding carboxylic acids is 2. The average Bonchev–Trinajstić information content (AvgIpc) is 3.35. The maximum Gasteiger partial charge on any atom is 0.263 e. The Morgan fingerprint density at radius 2 is 2.04 bits per heavy atom. The lowest BCUT2D eigenvalue weighted by atomic mass is 9.87. The second-order valence-corrected chi connectivity index (χ2v) is 7.38. The molecule has 2 unspecified atom stereocenters. The lowest BCUT2D eigenvalue weighted by Gasteiger charge is -2.20. The molecule has 2 aromatic rings. The molecule has 0 saturated carbocycles. The molecule has 26 heavy (non-hydrogen) atoms. The van der Waals surface area contributed by atoms with E-state index in [2.05, 4.69) is 5.32 Å². The summed E-state index contributed by atoms with van der Waals surface area (Å²) in [6.07, 6.45) is 0.885. The van der Waals surface area contributed by atoms with E-state index in [1.54, 1.807) is 12.0 Å². The van der Waals surface area contributed by atoms with E-state index in [4.69, 9.17) is 4.74 Å². The summed E-state index contributed by atoms with van der Waals surface area (Å²) < 4.78 is 5.50. The number of thiophene rings is 1. The summed E-state index contributed by atoms with van der Waals surface area (Å²) >= 11 is 1.43. The highest BCUT2D eigenvalue weighted by Crippen LogP contribution is 2.38. The minimum Gasteiger partial charge on any atom is -0.496 e. The van der Waals surface area contributed by atoms with Gasteiger partial charge in [0.25, 0.3) is 5.91 Å². The van der Waals surface area contributed by atoms with Crippen molar-refractivity contribution in [2.45, 2.75) is 19.3 Å². The number of para-hydroxylation sites is 1. The Morgan fingerprint density at radius 3 is 2.73 bits per heavy atom. The molecule has 2 atom stereocenters. The smallest absolute Gasteiger partial charge is 0.263 e. The van der Waals surface area contributed by atoms with Crippen molar-refractivity contribution in [3.63, 3.8) is 0 Å². The van der Waals surface area contributed by atoms with Crippen molar-refractivity contribution in [1.29, 1.82) is 0 Å². The fraction of sp³-hybridized carbons (Fsp3) is 0.400. The number of carbonyl (C=O) groups is 2. The molecule has 6 heteroatoms. The molecule has 1 aliphatic heterocycles. The largest absolute Gasteiger partial charge is 0.496 e. The molecule has 1 N–H and O–H groups in total. The predicted molar refractivity (Wildman–Crippen MR) is 103 cm³/mol. The van der Waals surface area contributed by atoms with E-state index in [0.29, 0.717) is 24.5 Å². The Balaban J connectivity index is 1.88. The Bertz CT molecular complexity index is 760. The van der Waals surface area contributed by atoms with Crippen molar-refractivity contribution >= 4 is 23.2 Å². The van der Waals surface area contributed by atoms with Gasteiger partial charge in [-0.3, -0.25) is 9.59 Å². The van der Waals surface area contributed by atoms with Crippen molar-refractivity contribution in [2.75, 3.05) is 26.7 Å². The number of benzene rings is 1. The summed E-state index contributed by atoms with van der Waals surface area (Å²) in [5.74, 6) is 0.403. The Hall–Kier alpha value is -2.34. The van der Waals surface area contributed by atoms with Crippen LogP contribution in [0, 0.1) is 5.92 Å². The van der Waals surface area contributed by atoms with Gasteiger partial charge >= 0.3 is 0 Å². The van der Waals surface area contributed by atoms with Crippen LogP contribution in [0.1, 0.15) is 34.5 Å². The number of likely N-dealkylation sites (tertiary alicyclic amines) is 1. The third-order valence-corrected chi connectivity index (χ3v) is 5.62. The third kappa shape index (κ3) is 3.75. The van der Waals surface area contributed by atoms with Gasteiger partial charge in [-0.15, -0.1) is 11.3 Å². The molecule has 1 aromatic heterocycles. The normalized spacial score (nSPS) is 19.4. The third-order valence-electron chi connectivity index (χ3n) is 4.76. The lowest BCUT2D eigenvalue weighted by Crippen LogP contribution is -2.35. The highest BCUT2D eigenvalue weighted by molar-refractivity contribution is 7.12. The Kier molecular flexibility index (Phi) is 5.93. The van der Waals surface area contributed by atoms with Gasteiger partial charge < -0.3 is 15.0 Å². The van der Waals surface area contributed by atoms with Gasteiger partial charge in [-0.25, -0.2) is 0 Å². The summed E-state index contributed by atoms with van der Waals surface area (Å²) in [6, 6.07) is 11.5. The maximum atomic E-state index is 12.8. The van der Waals surface area contributed by atoms with Gasteiger partial charge in [-0.2, -0.15) is 0 Å². The highest BCUT2D eigenvalue weighted by Gasteiger charge is 2.41. The van der Waals surface area contributed by atoms with E-state index >= 15 is 0 Å². The van der Waals surface area contributed by atoms with Crippen molar-refractivity contribution in [1.82, 2.24) is 10.2 Å². The predicted octanol–water partition coefficient (Wildman–Crippen LogP) is 3.14. The molecule has 0 radical (unpaired) electrons. The van der Waals surface area contributed by atoms with Crippen LogP contribution >= 0.6 is 11.3 Å². The molecule has 1 aliphatic rings. The number of hydrogen-bond acceptors (Lipinski definition) is 4. The highest BCUT2D eigenvalue weighted by atomic mass is 32.1. The van der Waals surface area contributed by atoms with E-state index < -0.39 is 0 Å². The molecular formula is C20H24N2O3S. The fourth-order valence-corrected chi connectivity index (χ4v) is 4.15. The van der Waals surface area contributed by atoms with Crippen LogP contribution in [-0.4, -0.2) is 43.5 Å². The fourth-order valence-electron chi connectivity index (χ4n) is 3.46. The van der Waals surface area contributed by atoms with Crippen LogP contribution in [0.25, 0.3) is 0 Å². The molecular weight excluding hydrogens is 348 g/mol. The Morgan fingerprint density at radius 1 is 1.23 bits per heavy atom. The van der Waals surface area contributed by atoms with E-state index in [0.717, 1.165) is 17.7 Å². The number of nitrogens with one attached hydrogen (secondary N) is 1. The van der Waals surface area contributed by atoms with Crippen LogP contribution in [-0.2, 0) is 4.79 Å². The maximum absolute atomic E-state index is 12.8. The summed E-state index contributed by atoms with van der Waals surface area (Å²) in [5, 5.41) is 4.89. The van der Waals surface area contributed by atoms with Crippen LogP contribution in [0.2, 0.25) is 0 Å². The average molecular weight is 372 g/mol. The van der Waals surface area contributed by atoms with E-state index in [1.165, 1.54) is 11.3 Å². The van der Waals surface area contributed by atoms with Crippen LogP contribution in [0.4, 0.5) is 0 Å². The molecule has 2 heterocycles. The van der Waals surface area contributed by atoms with E-state index in [9.17, 15) is 9.59 Å². The summed E-state index contributed by atoms with van der Waals surface area (Å²) in [7, 11) is 1.63. The van der Waals surface area contributed by atoms with Gasteiger partial charge in [0.1, 0.15) is 5.75 Å². The standard InChI is InChI=1S/C20H24N2O3S/c1-3-10-21-19(23)16-13-22(20(24)18-9-6-11-26-18)12-15(16)14-7-4-5-8-17(14)25-2/h4-9,11,15-16H,3,10,12-13H2,1-2H3,(H,21,23). The molecule has 1 aromatic carbocycles. The zero-order valence-corrected chi connectivity index (χ0v) is 15.9.